The van der Waals surface area contributed by atoms with Gasteiger partial charge in [-0.25, -0.2) is 0 Å². The van der Waals surface area contributed by atoms with Gasteiger partial charge in [-0.1, -0.05) is 20.8 Å². The predicted octanol–water partition coefficient (Wildman–Crippen LogP) is 1.42. The Morgan fingerprint density at radius 1 is 1.33 bits per heavy atom. The molecule has 18 heavy (non-hydrogen) atoms. The van der Waals surface area contributed by atoms with E-state index in [2.05, 4.69) is 26.1 Å². The van der Waals surface area contributed by atoms with Gasteiger partial charge in [-0.3, -0.25) is 0 Å². The second-order valence-electron chi connectivity index (χ2n) is 5.71. The van der Waals surface area contributed by atoms with Crippen LogP contribution >= 0.6 is 0 Å². The van der Waals surface area contributed by atoms with Crippen LogP contribution in [0.3, 0.4) is 0 Å². The molecule has 0 bridgehead atoms. The van der Waals surface area contributed by atoms with E-state index in [-0.39, 0.29) is 6.10 Å². The van der Waals surface area contributed by atoms with E-state index in [0.717, 1.165) is 26.0 Å². The molecule has 0 aromatic heterocycles. The summed E-state index contributed by atoms with van der Waals surface area (Å²) >= 11 is 0. The van der Waals surface area contributed by atoms with Gasteiger partial charge in [-0.15, -0.1) is 0 Å². The molecule has 1 aliphatic rings. The Morgan fingerprint density at radius 3 is 2.72 bits per heavy atom. The molecule has 4 nitrogen and oxygen atoms in total. The predicted molar refractivity (Wildman–Crippen MR) is 72.7 cm³/mol. The Morgan fingerprint density at radius 2 is 2.11 bits per heavy atom. The molecule has 3 unspecified atom stereocenters. The van der Waals surface area contributed by atoms with Gasteiger partial charge in [0, 0.05) is 13.2 Å². The van der Waals surface area contributed by atoms with E-state index in [9.17, 15) is 5.11 Å². The Bertz CT molecular complexity index is 197. The Labute approximate surface area is 111 Å². The second-order valence-corrected chi connectivity index (χ2v) is 5.71. The Balaban J connectivity index is 1.94. The molecule has 1 rings (SSSR count). The molecule has 0 amide bonds. The number of aliphatic hydroxyl groups excluding tert-OH is 1. The summed E-state index contributed by atoms with van der Waals surface area (Å²) in [4.78, 5) is 0. The Hall–Kier alpha value is -0.160. The van der Waals surface area contributed by atoms with Gasteiger partial charge in [-0.2, -0.15) is 0 Å². The van der Waals surface area contributed by atoms with E-state index in [1.807, 2.05) is 0 Å². The largest absolute Gasteiger partial charge is 0.389 e. The molecule has 0 spiro atoms. The van der Waals surface area contributed by atoms with Crippen molar-refractivity contribution in [1.82, 2.24) is 5.32 Å². The molecular weight excluding hydrogens is 230 g/mol. The van der Waals surface area contributed by atoms with Crippen molar-refractivity contribution in [2.24, 2.45) is 11.8 Å². The van der Waals surface area contributed by atoms with E-state index in [0.29, 0.717) is 31.6 Å². The summed E-state index contributed by atoms with van der Waals surface area (Å²) < 4.78 is 10.9. The molecule has 2 N–H and O–H groups in total. The van der Waals surface area contributed by atoms with Crippen molar-refractivity contribution in [2.45, 2.75) is 45.8 Å². The van der Waals surface area contributed by atoms with Crippen LogP contribution in [0.15, 0.2) is 0 Å². The van der Waals surface area contributed by atoms with Crippen molar-refractivity contribution in [3.8, 4) is 0 Å². The summed E-state index contributed by atoms with van der Waals surface area (Å²) in [6.07, 6.45) is 2.03. The minimum atomic E-state index is -0.425. The van der Waals surface area contributed by atoms with Gasteiger partial charge in [0.15, 0.2) is 0 Å². The first-order chi connectivity index (χ1) is 8.59. The van der Waals surface area contributed by atoms with Crippen LogP contribution in [0.5, 0.6) is 0 Å². The van der Waals surface area contributed by atoms with Crippen LogP contribution in [-0.4, -0.2) is 50.2 Å². The fraction of sp³-hybridized carbons (Fsp3) is 1.00. The van der Waals surface area contributed by atoms with E-state index in [4.69, 9.17) is 9.47 Å². The maximum absolute atomic E-state index is 9.75. The highest BCUT2D eigenvalue weighted by Crippen LogP contribution is 2.12. The zero-order valence-corrected chi connectivity index (χ0v) is 12.0. The van der Waals surface area contributed by atoms with E-state index in [1.54, 1.807) is 0 Å². The first kappa shape index (κ1) is 15.9. The molecule has 1 aliphatic heterocycles. The number of nitrogens with one attached hydrogen (secondary N) is 1. The molecule has 1 saturated heterocycles. The second kappa shape index (κ2) is 8.86. The first-order valence-corrected chi connectivity index (χ1v) is 7.17. The molecule has 4 heteroatoms. The van der Waals surface area contributed by atoms with E-state index < -0.39 is 6.10 Å². The first-order valence-electron chi connectivity index (χ1n) is 7.17. The maximum Gasteiger partial charge on any atom is 0.0897 e. The number of rotatable bonds is 9. The van der Waals surface area contributed by atoms with Crippen molar-refractivity contribution in [3.63, 3.8) is 0 Å². The van der Waals surface area contributed by atoms with E-state index >= 15 is 0 Å². The normalized spacial score (nSPS) is 23.5. The number of aliphatic hydroxyl groups is 1. The topological polar surface area (TPSA) is 50.7 Å². The van der Waals surface area contributed by atoms with Gasteiger partial charge in [0.05, 0.1) is 25.4 Å². The zero-order valence-electron chi connectivity index (χ0n) is 12.0. The Kier molecular flexibility index (Phi) is 7.82. The van der Waals surface area contributed by atoms with Gasteiger partial charge < -0.3 is 19.9 Å². The molecule has 0 radical (unpaired) electrons. The standard InChI is InChI=1S/C14H29NO3/c1-11(2)12(3)7-15-8-13(16)9-17-10-14-5-4-6-18-14/h11-16H,4-10H2,1-3H3. The maximum atomic E-state index is 9.75. The monoisotopic (exact) mass is 259 g/mol. The van der Waals surface area contributed by atoms with Crippen molar-refractivity contribution in [1.29, 1.82) is 0 Å². The summed E-state index contributed by atoms with van der Waals surface area (Å²) in [7, 11) is 0. The third kappa shape index (κ3) is 6.69. The number of hydrogen-bond acceptors (Lipinski definition) is 4. The van der Waals surface area contributed by atoms with Gasteiger partial charge >= 0.3 is 0 Å². The molecule has 1 heterocycles. The average Bonchev–Trinajstić information content (AvgIpc) is 2.81. The van der Waals surface area contributed by atoms with Crippen LogP contribution in [-0.2, 0) is 9.47 Å². The average molecular weight is 259 g/mol. The van der Waals surface area contributed by atoms with E-state index in [1.165, 1.54) is 0 Å². The molecule has 1 fully saturated rings. The van der Waals surface area contributed by atoms with Crippen LogP contribution in [0.25, 0.3) is 0 Å². The zero-order chi connectivity index (χ0) is 13.4. The summed E-state index contributed by atoms with van der Waals surface area (Å²) in [6.45, 7) is 10.1. The summed E-state index contributed by atoms with van der Waals surface area (Å²) in [5.41, 5.74) is 0. The lowest BCUT2D eigenvalue weighted by atomic mass is 9.98. The molecule has 3 atom stereocenters. The molecular formula is C14H29NO3. The lowest BCUT2D eigenvalue weighted by Crippen LogP contribution is -2.34. The minimum absolute atomic E-state index is 0.242. The van der Waals surface area contributed by atoms with Crippen LogP contribution < -0.4 is 5.32 Å². The van der Waals surface area contributed by atoms with Crippen LogP contribution in [0.1, 0.15) is 33.6 Å². The van der Waals surface area contributed by atoms with Crippen molar-refractivity contribution in [2.75, 3.05) is 32.9 Å². The number of ether oxygens (including phenoxy) is 2. The molecule has 0 aromatic carbocycles. The van der Waals surface area contributed by atoms with Gasteiger partial charge in [0.2, 0.25) is 0 Å². The lowest BCUT2D eigenvalue weighted by molar-refractivity contribution is -0.0165. The lowest BCUT2D eigenvalue weighted by Gasteiger charge is -2.18. The highest BCUT2D eigenvalue weighted by molar-refractivity contribution is 4.66. The summed E-state index contributed by atoms with van der Waals surface area (Å²) in [5, 5.41) is 13.0. The quantitative estimate of drug-likeness (QED) is 0.657. The highest BCUT2D eigenvalue weighted by Gasteiger charge is 2.16. The molecule has 0 saturated carbocycles. The van der Waals surface area contributed by atoms with Gasteiger partial charge in [0.1, 0.15) is 0 Å². The van der Waals surface area contributed by atoms with Crippen molar-refractivity contribution < 1.29 is 14.6 Å². The SMILES string of the molecule is CC(C)C(C)CNCC(O)COCC1CCCO1. The van der Waals surface area contributed by atoms with Gasteiger partial charge in [0.25, 0.3) is 0 Å². The molecule has 0 aliphatic carbocycles. The molecule has 0 aromatic rings. The minimum Gasteiger partial charge on any atom is -0.389 e. The summed E-state index contributed by atoms with van der Waals surface area (Å²) in [5.74, 6) is 1.30. The van der Waals surface area contributed by atoms with Crippen LogP contribution in [0.4, 0.5) is 0 Å². The third-order valence-corrected chi connectivity index (χ3v) is 3.62. The highest BCUT2D eigenvalue weighted by atomic mass is 16.5. The van der Waals surface area contributed by atoms with Crippen molar-refractivity contribution >= 4 is 0 Å². The molecule has 108 valence electrons. The van der Waals surface area contributed by atoms with Crippen LogP contribution in [0, 0.1) is 11.8 Å². The summed E-state index contributed by atoms with van der Waals surface area (Å²) in [6, 6.07) is 0. The van der Waals surface area contributed by atoms with Crippen LogP contribution in [0.2, 0.25) is 0 Å². The van der Waals surface area contributed by atoms with Crippen molar-refractivity contribution in [3.05, 3.63) is 0 Å². The number of hydrogen-bond donors (Lipinski definition) is 2. The smallest absolute Gasteiger partial charge is 0.0897 e. The fourth-order valence-corrected chi connectivity index (χ4v) is 1.88. The van der Waals surface area contributed by atoms with Gasteiger partial charge in [-0.05, 0) is 31.2 Å². The third-order valence-electron chi connectivity index (χ3n) is 3.62. The fourth-order valence-electron chi connectivity index (χ4n) is 1.88.